The summed E-state index contributed by atoms with van der Waals surface area (Å²) in [5.41, 5.74) is 4.49. The van der Waals surface area contributed by atoms with Crippen molar-refractivity contribution < 1.29 is 17.9 Å². The van der Waals surface area contributed by atoms with Gasteiger partial charge >= 0.3 is 0 Å². The molecule has 3 aromatic rings. The number of carbonyl (C=O) groups excluding carboxylic acids is 1. The van der Waals surface area contributed by atoms with Crippen LogP contribution in [-0.2, 0) is 34.1 Å². The molecule has 0 radical (unpaired) electrons. The van der Waals surface area contributed by atoms with Crippen molar-refractivity contribution in [1.29, 1.82) is 0 Å². The molecule has 0 fully saturated rings. The first-order valence-corrected chi connectivity index (χ1v) is 13.8. The van der Waals surface area contributed by atoms with Crippen LogP contribution in [0.25, 0.3) is 0 Å². The van der Waals surface area contributed by atoms with Crippen molar-refractivity contribution in [2.24, 2.45) is 0 Å². The highest BCUT2D eigenvalue weighted by Gasteiger charge is 2.29. The van der Waals surface area contributed by atoms with Gasteiger partial charge in [-0.15, -0.1) is 0 Å². The third-order valence-electron chi connectivity index (χ3n) is 6.29. The summed E-state index contributed by atoms with van der Waals surface area (Å²) in [6.45, 7) is 8.05. The van der Waals surface area contributed by atoms with Crippen molar-refractivity contribution in [3.05, 3.63) is 89.0 Å². The third-order valence-corrected chi connectivity index (χ3v) is 7.78. The molecule has 1 unspecified atom stereocenters. The van der Waals surface area contributed by atoms with E-state index in [1.54, 1.807) is 12.1 Å². The normalized spacial score (nSPS) is 12.4. The molecule has 0 aromatic heterocycles. The van der Waals surface area contributed by atoms with Crippen LogP contribution in [0.4, 0.5) is 5.69 Å². The summed E-state index contributed by atoms with van der Waals surface area (Å²) in [5, 5.41) is 3.04. The molecular weight excluding hydrogens is 472 g/mol. The predicted molar refractivity (Wildman–Crippen MR) is 145 cm³/mol. The number of hydrogen-bond donors (Lipinski definition) is 2. The van der Waals surface area contributed by atoms with E-state index in [0.29, 0.717) is 0 Å². The molecule has 1 amide bonds. The quantitative estimate of drug-likeness (QED) is 0.360. The van der Waals surface area contributed by atoms with Gasteiger partial charge in [0.15, 0.2) is 0 Å². The van der Waals surface area contributed by atoms with Gasteiger partial charge in [0, 0.05) is 5.69 Å². The Hall–Kier alpha value is -3.16. The van der Waals surface area contributed by atoms with Crippen molar-refractivity contribution in [2.45, 2.75) is 63.8 Å². The molecule has 36 heavy (non-hydrogen) atoms. The molecule has 2 N–H and O–H groups in total. The first kappa shape index (κ1) is 27.4. The van der Waals surface area contributed by atoms with Gasteiger partial charge < -0.3 is 10.1 Å². The minimum Gasteiger partial charge on any atom is -0.495 e. The molecule has 3 rings (SSSR count). The number of amides is 1. The lowest BCUT2D eigenvalue weighted by Gasteiger charge is -2.22. The van der Waals surface area contributed by atoms with E-state index < -0.39 is 22.0 Å². The molecule has 0 aliphatic heterocycles. The van der Waals surface area contributed by atoms with E-state index in [1.807, 2.05) is 82.3 Å². The Bertz CT molecular complexity index is 1270. The summed E-state index contributed by atoms with van der Waals surface area (Å²) in [4.78, 5) is 13.6. The second-order valence-corrected chi connectivity index (χ2v) is 10.8. The topological polar surface area (TPSA) is 84.5 Å². The van der Waals surface area contributed by atoms with Gasteiger partial charge in [-0.3, -0.25) is 4.79 Å². The molecule has 7 heteroatoms. The molecule has 0 spiro atoms. The number of sulfonamides is 1. The van der Waals surface area contributed by atoms with Crippen LogP contribution in [-0.4, -0.2) is 27.5 Å². The molecular formula is C29H36N2O4S. The van der Waals surface area contributed by atoms with Crippen molar-refractivity contribution in [2.75, 3.05) is 12.4 Å². The van der Waals surface area contributed by atoms with Gasteiger partial charge in [0.1, 0.15) is 16.7 Å². The highest BCUT2D eigenvalue weighted by Crippen LogP contribution is 2.29. The summed E-state index contributed by atoms with van der Waals surface area (Å²) < 4.78 is 35.3. The second kappa shape index (κ2) is 12.2. The molecule has 6 nitrogen and oxygen atoms in total. The van der Waals surface area contributed by atoms with Gasteiger partial charge in [0.25, 0.3) is 0 Å². The Labute approximate surface area is 215 Å². The SMILES string of the molecule is CCc1cccc(CC)c1NC(=O)C(Cc1ccccc1)NS(=O)(=O)c1cc(C(C)C)ccc1OC. The van der Waals surface area contributed by atoms with Crippen LogP contribution in [0.2, 0.25) is 0 Å². The van der Waals surface area contributed by atoms with E-state index in [4.69, 9.17) is 4.74 Å². The monoisotopic (exact) mass is 508 g/mol. The fourth-order valence-electron chi connectivity index (χ4n) is 4.16. The molecule has 0 aliphatic carbocycles. The van der Waals surface area contributed by atoms with E-state index in [1.165, 1.54) is 7.11 Å². The van der Waals surface area contributed by atoms with Gasteiger partial charge in [0.2, 0.25) is 15.9 Å². The Balaban J connectivity index is 2.00. The number of hydrogen-bond acceptors (Lipinski definition) is 4. The van der Waals surface area contributed by atoms with Crippen LogP contribution in [0.1, 0.15) is 55.9 Å². The fourth-order valence-corrected chi connectivity index (χ4v) is 5.56. The molecule has 1 atom stereocenters. The zero-order chi connectivity index (χ0) is 26.3. The van der Waals surface area contributed by atoms with Gasteiger partial charge in [-0.25, -0.2) is 8.42 Å². The number of ether oxygens (including phenoxy) is 1. The summed E-state index contributed by atoms with van der Waals surface area (Å²) in [5.74, 6) is -0.0429. The number of para-hydroxylation sites is 1. The van der Waals surface area contributed by atoms with Crippen LogP contribution in [0, 0.1) is 0 Å². The highest BCUT2D eigenvalue weighted by atomic mass is 32.2. The maximum absolute atomic E-state index is 13.6. The van der Waals surface area contributed by atoms with E-state index in [2.05, 4.69) is 10.0 Å². The molecule has 0 saturated heterocycles. The maximum Gasteiger partial charge on any atom is 0.245 e. The van der Waals surface area contributed by atoms with Crippen molar-refractivity contribution in [1.82, 2.24) is 4.72 Å². The Kier molecular flexibility index (Phi) is 9.29. The largest absolute Gasteiger partial charge is 0.495 e. The fraction of sp³-hybridized carbons (Fsp3) is 0.345. The summed E-state index contributed by atoms with van der Waals surface area (Å²) in [6, 6.07) is 19.4. The van der Waals surface area contributed by atoms with Crippen molar-refractivity contribution in [3.63, 3.8) is 0 Å². The molecule has 0 aliphatic rings. The van der Waals surface area contributed by atoms with Crippen molar-refractivity contribution in [3.8, 4) is 5.75 Å². The Morgan fingerprint density at radius 2 is 1.56 bits per heavy atom. The van der Waals surface area contributed by atoms with E-state index in [0.717, 1.165) is 40.8 Å². The van der Waals surface area contributed by atoms with Crippen molar-refractivity contribution >= 4 is 21.6 Å². The molecule has 0 saturated carbocycles. The van der Waals surface area contributed by atoms with Crippen LogP contribution in [0.15, 0.2) is 71.6 Å². The van der Waals surface area contributed by atoms with Crippen LogP contribution >= 0.6 is 0 Å². The van der Waals surface area contributed by atoms with E-state index in [-0.39, 0.29) is 23.0 Å². The third kappa shape index (κ3) is 6.53. The lowest BCUT2D eigenvalue weighted by molar-refractivity contribution is -0.117. The van der Waals surface area contributed by atoms with Crippen LogP contribution in [0.3, 0.4) is 0 Å². The summed E-state index contributed by atoms with van der Waals surface area (Å²) >= 11 is 0. The summed E-state index contributed by atoms with van der Waals surface area (Å²) in [6.07, 6.45) is 1.70. The van der Waals surface area contributed by atoms with Crippen LogP contribution in [0.5, 0.6) is 5.75 Å². The zero-order valence-electron chi connectivity index (χ0n) is 21.7. The molecule has 0 heterocycles. The van der Waals surface area contributed by atoms with Gasteiger partial charge in [0.05, 0.1) is 7.11 Å². The average molecular weight is 509 g/mol. The molecule has 3 aromatic carbocycles. The highest BCUT2D eigenvalue weighted by molar-refractivity contribution is 7.89. The number of methoxy groups -OCH3 is 1. The minimum atomic E-state index is -4.08. The van der Waals surface area contributed by atoms with Crippen LogP contribution < -0.4 is 14.8 Å². The Morgan fingerprint density at radius 3 is 2.11 bits per heavy atom. The number of rotatable bonds is 11. The Morgan fingerprint density at radius 1 is 0.917 bits per heavy atom. The number of benzene rings is 3. The molecule has 0 bridgehead atoms. The lowest BCUT2D eigenvalue weighted by atomic mass is 10.0. The predicted octanol–water partition coefficient (Wildman–Crippen LogP) is 5.47. The lowest BCUT2D eigenvalue weighted by Crippen LogP contribution is -2.45. The second-order valence-electron chi connectivity index (χ2n) is 9.08. The maximum atomic E-state index is 13.6. The van der Waals surface area contributed by atoms with E-state index >= 15 is 0 Å². The average Bonchev–Trinajstić information content (AvgIpc) is 2.88. The first-order valence-electron chi connectivity index (χ1n) is 12.4. The first-order chi connectivity index (χ1) is 17.2. The van der Waals surface area contributed by atoms with Gasteiger partial charge in [-0.05, 0) is 59.6 Å². The summed E-state index contributed by atoms with van der Waals surface area (Å²) in [7, 11) is -2.65. The number of anilines is 1. The molecule has 192 valence electrons. The van der Waals surface area contributed by atoms with Gasteiger partial charge in [-0.2, -0.15) is 4.72 Å². The smallest absolute Gasteiger partial charge is 0.245 e. The van der Waals surface area contributed by atoms with Gasteiger partial charge in [-0.1, -0.05) is 82.3 Å². The number of aryl methyl sites for hydroxylation is 2. The van der Waals surface area contributed by atoms with E-state index in [9.17, 15) is 13.2 Å². The standard InChI is InChI=1S/C29H36N2O4S/c1-6-22-14-11-15-23(7-2)28(22)30-29(32)25(18-21-12-9-8-10-13-21)31-36(33,34)27-19-24(20(3)4)16-17-26(27)35-5/h8-17,19-20,25,31H,6-7,18H2,1-5H3,(H,30,32). The minimum absolute atomic E-state index is 0.0188. The number of carbonyl (C=O) groups is 1. The number of nitrogens with one attached hydrogen (secondary N) is 2. The zero-order valence-corrected chi connectivity index (χ0v) is 22.5.